The summed E-state index contributed by atoms with van der Waals surface area (Å²) in [6, 6.07) is 7.44. The van der Waals surface area contributed by atoms with Crippen molar-refractivity contribution in [2.75, 3.05) is 0 Å². The molecule has 0 spiro atoms. The first-order chi connectivity index (χ1) is 6.89. The van der Waals surface area contributed by atoms with Crippen molar-refractivity contribution in [3.63, 3.8) is 0 Å². The predicted molar refractivity (Wildman–Crippen MR) is 63.6 cm³/mol. The van der Waals surface area contributed by atoms with Gasteiger partial charge in [-0.25, -0.2) is 0 Å². The van der Waals surface area contributed by atoms with Crippen LogP contribution in [-0.4, -0.2) is 15.8 Å². The third-order valence-corrected chi connectivity index (χ3v) is 3.19. The number of carboxylic acids is 1. The summed E-state index contributed by atoms with van der Waals surface area (Å²) in [5.41, 5.74) is 0. The maximum Gasteiger partial charge on any atom is 0.304 e. The first-order valence-corrected chi connectivity index (χ1v) is 5.75. The van der Waals surface area contributed by atoms with Crippen molar-refractivity contribution < 1.29 is 9.90 Å². The molecule has 1 rings (SSSR count). The highest BCUT2D eigenvalue weighted by Gasteiger charge is 2.23. The number of carboxylic acid groups (broad SMARTS) is 1. The molecule has 0 aliphatic carbocycles. The van der Waals surface area contributed by atoms with Gasteiger partial charge < -0.3 is 5.11 Å². The summed E-state index contributed by atoms with van der Waals surface area (Å²) in [4.78, 5) is 11.6. The molecule has 0 fully saturated rings. The second-order valence-corrected chi connectivity index (χ2v) is 6.11. The van der Waals surface area contributed by atoms with E-state index in [0.29, 0.717) is 5.02 Å². The van der Waals surface area contributed by atoms with Gasteiger partial charge in [-0.3, -0.25) is 4.79 Å². The molecule has 0 unspecified atom stereocenters. The van der Waals surface area contributed by atoms with Crippen LogP contribution in [-0.2, 0) is 4.79 Å². The van der Waals surface area contributed by atoms with Crippen molar-refractivity contribution in [2.45, 2.75) is 29.9 Å². The van der Waals surface area contributed by atoms with E-state index in [1.165, 1.54) is 11.8 Å². The van der Waals surface area contributed by atoms with Crippen LogP contribution in [0.5, 0.6) is 0 Å². The van der Waals surface area contributed by atoms with E-state index in [9.17, 15) is 4.79 Å². The molecule has 2 nitrogen and oxygen atoms in total. The van der Waals surface area contributed by atoms with Gasteiger partial charge in [0.1, 0.15) is 0 Å². The van der Waals surface area contributed by atoms with Gasteiger partial charge in [0.2, 0.25) is 0 Å². The Balaban J connectivity index is 2.72. The smallest absolute Gasteiger partial charge is 0.304 e. The second kappa shape index (κ2) is 4.90. The van der Waals surface area contributed by atoms with E-state index in [2.05, 4.69) is 0 Å². The van der Waals surface area contributed by atoms with Crippen LogP contribution >= 0.6 is 23.4 Å². The van der Waals surface area contributed by atoms with Crippen LogP contribution in [0.3, 0.4) is 0 Å². The van der Waals surface area contributed by atoms with E-state index in [4.69, 9.17) is 16.7 Å². The normalized spacial score (nSPS) is 11.4. The fraction of sp³-hybridized carbons (Fsp3) is 0.364. The Hall–Kier alpha value is -0.670. The van der Waals surface area contributed by atoms with Gasteiger partial charge in [-0.1, -0.05) is 17.7 Å². The Morgan fingerprint density at radius 1 is 1.53 bits per heavy atom. The molecule has 0 aliphatic heterocycles. The molecular weight excluding hydrogens is 232 g/mol. The van der Waals surface area contributed by atoms with Crippen molar-refractivity contribution in [2.24, 2.45) is 0 Å². The van der Waals surface area contributed by atoms with Gasteiger partial charge >= 0.3 is 5.97 Å². The van der Waals surface area contributed by atoms with Crippen molar-refractivity contribution in [1.29, 1.82) is 0 Å². The lowest BCUT2D eigenvalue weighted by molar-refractivity contribution is -0.137. The zero-order valence-electron chi connectivity index (χ0n) is 8.66. The fourth-order valence-corrected chi connectivity index (χ4v) is 2.67. The summed E-state index contributed by atoms with van der Waals surface area (Å²) < 4.78 is -0.323. The topological polar surface area (TPSA) is 37.3 Å². The minimum atomic E-state index is -0.783. The molecule has 0 saturated carbocycles. The highest BCUT2D eigenvalue weighted by molar-refractivity contribution is 8.00. The van der Waals surface area contributed by atoms with Gasteiger partial charge in [-0.05, 0) is 32.0 Å². The first-order valence-electron chi connectivity index (χ1n) is 4.55. The summed E-state index contributed by atoms with van der Waals surface area (Å²) in [6.07, 6.45) is 0.129. The number of benzene rings is 1. The van der Waals surface area contributed by atoms with Gasteiger partial charge in [0.25, 0.3) is 0 Å². The third kappa shape index (κ3) is 4.58. The average molecular weight is 245 g/mol. The number of carbonyl (C=O) groups is 1. The lowest BCUT2D eigenvalue weighted by Gasteiger charge is -2.21. The van der Waals surface area contributed by atoms with E-state index in [-0.39, 0.29) is 11.2 Å². The molecule has 0 aliphatic rings. The van der Waals surface area contributed by atoms with Gasteiger partial charge in [0.15, 0.2) is 0 Å². The molecule has 0 atom stereocenters. The summed E-state index contributed by atoms with van der Waals surface area (Å²) in [7, 11) is 0. The van der Waals surface area contributed by atoms with Crippen molar-refractivity contribution in [3.05, 3.63) is 29.3 Å². The van der Waals surface area contributed by atoms with E-state index in [0.717, 1.165) is 4.90 Å². The fourth-order valence-electron chi connectivity index (χ4n) is 1.25. The number of hydrogen-bond donors (Lipinski definition) is 1. The monoisotopic (exact) mass is 244 g/mol. The number of thioether (sulfide) groups is 1. The Morgan fingerprint density at radius 3 is 2.73 bits per heavy atom. The molecule has 4 heteroatoms. The standard InChI is InChI=1S/C11H13ClO2S/c1-11(2,7-10(13)14)15-9-5-3-4-8(12)6-9/h3-6H,7H2,1-2H3,(H,13,14). The van der Waals surface area contributed by atoms with Gasteiger partial charge in [0.05, 0.1) is 6.42 Å². The Morgan fingerprint density at radius 2 is 2.20 bits per heavy atom. The highest BCUT2D eigenvalue weighted by Crippen LogP contribution is 2.35. The van der Waals surface area contributed by atoms with E-state index < -0.39 is 5.97 Å². The SMILES string of the molecule is CC(C)(CC(=O)O)Sc1cccc(Cl)c1. The predicted octanol–water partition coefficient (Wildman–Crippen LogP) is 3.69. The van der Waals surface area contributed by atoms with Crippen molar-refractivity contribution in [1.82, 2.24) is 0 Å². The minimum absolute atomic E-state index is 0.129. The van der Waals surface area contributed by atoms with Crippen LogP contribution in [0.1, 0.15) is 20.3 Å². The molecule has 1 N–H and O–H groups in total. The van der Waals surface area contributed by atoms with Gasteiger partial charge in [-0.2, -0.15) is 0 Å². The quantitative estimate of drug-likeness (QED) is 0.821. The molecule has 1 aromatic rings. The number of halogens is 1. The number of rotatable bonds is 4. The molecule has 0 radical (unpaired) electrons. The van der Waals surface area contributed by atoms with Gasteiger partial charge in [-0.15, -0.1) is 11.8 Å². The Labute approximate surface area is 98.6 Å². The van der Waals surface area contributed by atoms with E-state index >= 15 is 0 Å². The van der Waals surface area contributed by atoms with Crippen LogP contribution in [0.25, 0.3) is 0 Å². The van der Waals surface area contributed by atoms with Crippen LogP contribution in [0, 0.1) is 0 Å². The minimum Gasteiger partial charge on any atom is -0.481 e. The largest absolute Gasteiger partial charge is 0.481 e. The van der Waals surface area contributed by atoms with Crippen LogP contribution in [0.2, 0.25) is 5.02 Å². The van der Waals surface area contributed by atoms with Crippen molar-refractivity contribution in [3.8, 4) is 0 Å². The molecule has 0 bridgehead atoms. The summed E-state index contributed by atoms with van der Waals surface area (Å²) in [5.74, 6) is -0.783. The molecule has 15 heavy (non-hydrogen) atoms. The lowest BCUT2D eigenvalue weighted by atomic mass is 10.1. The molecular formula is C11H13ClO2S. The molecule has 0 heterocycles. The zero-order valence-corrected chi connectivity index (χ0v) is 10.2. The summed E-state index contributed by atoms with van der Waals surface area (Å²) >= 11 is 7.37. The molecule has 82 valence electrons. The summed E-state index contributed by atoms with van der Waals surface area (Å²) in [6.45, 7) is 3.82. The highest BCUT2D eigenvalue weighted by atomic mass is 35.5. The summed E-state index contributed by atoms with van der Waals surface area (Å²) in [5, 5.41) is 9.41. The zero-order chi connectivity index (χ0) is 11.5. The average Bonchev–Trinajstić information content (AvgIpc) is 1.99. The van der Waals surface area contributed by atoms with Crippen LogP contribution < -0.4 is 0 Å². The third-order valence-electron chi connectivity index (χ3n) is 1.77. The maximum atomic E-state index is 10.6. The Bertz CT molecular complexity index is 363. The lowest BCUT2D eigenvalue weighted by Crippen LogP contribution is -2.19. The first kappa shape index (κ1) is 12.4. The van der Waals surface area contributed by atoms with Crippen LogP contribution in [0.4, 0.5) is 0 Å². The van der Waals surface area contributed by atoms with Gasteiger partial charge in [0, 0.05) is 14.7 Å². The number of aliphatic carboxylic acids is 1. The van der Waals surface area contributed by atoms with Crippen LogP contribution in [0.15, 0.2) is 29.2 Å². The molecule has 1 aromatic carbocycles. The maximum absolute atomic E-state index is 10.6. The molecule has 0 amide bonds. The van der Waals surface area contributed by atoms with Crippen molar-refractivity contribution >= 4 is 29.3 Å². The number of hydrogen-bond acceptors (Lipinski definition) is 2. The Kier molecular flexibility index (Phi) is 4.05. The van der Waals surface area contributed by atoms with E-state index in [1.807, 2.05) is 32.0 Å². The van der Waals surface area contributed by atoms with E-state index in [1.54, 1.807) is 6.07 Å². The molecule has 0 aromatic heterocycles. The molecule has 0 saturated heterocycles. The second-order valence-electron chi connectivity index (χ2n) is 3.89.